The molecule has 23 heavy (non-hydrogen) atoms. The van der Waals surface area contributed by atoms with Crippen molar-refractivity contribution in [3.8, 4) is 11.3 Å². The van der Waals surface area contributed by atoms with Crippen molar-refractivity contribution in [2.75, 3.05) is 5.32 Å². The second-order valence-corrected chi connectivity index (χ2v) is 7.37. The summed E-state index contributed by atoms with van der Waals surface area (Å²) >= 11 is 13.9. The molecule has 1 unspecified atom stereocenters. The van der Waals surface area contributed by atoms with Crippen molar-refractivity contribution in [2.24, 2.45) is 0 Å². The molecule has 1 atom stereocenters. The van der Waals surface area contributed by atoms with Crippen molar-refractivity contribution < 1.29 is 0 Å². The number of hydrogen-bond donors (Lipinski definition) is 1. The molecule has 0 amide bonds. The Morgan fingerprint density at radius 2 is 1.83 bits per heavy atom. The molecule has 3 rings (SSSR count). The Bertz CT molecular complexity index is 815. The third-order valence-corrected chi connectivity index (χ3v) is 5.07. The van der Waals surface area contributed by atoms with Crippen LogP contribution < -0.4 is 5.32 Å². The van der Waals surface area contributed by atoms with E-state index in [-0.39, 0.29) is 6.04 Å². The summed E-state index contributed by atoms with van der Waals surface area (Å²) in [6, 6.07) is 16.0. The van der Waals surface area contributed by atoms with Crippen LogP contribution in [0.25, 0.3) is 11.3 Å². The molecule has 0 radical (unpaired) electrons. The van der Waals surface area contributed by atoms with Crippen LogP contribution in [0.4, 0.5) is 5.13 Å². The van der Waals surface area contributed by atoms with Gasteiger partial charge in [0, 0.05) is 15.5 Å². The maximum absolute atomic E-state index is 6.31. The highest BCUT2D eigenvalue weighted by Crippen LogP contribution is 2.36. The predicted octanol–water partition coefficient (Wildman–Crippen LogP) is 6.60. The molecule has 0 spiro atoms. The van der Waals surface area contributed by atoms with Crippen LogP contribution in [0, 0.1) is 6.92 Å². The predicted molar refractivity (Wildman–Crippen MR) is 101 cm³/mol. The van der Waals surface area contributed by atoms with Gasteiger partial charge in [-0.3, -0.25) is 0 Å². The molecule has 2 aromatic carbocycles. The summed E-state index contributed by atoms with van der Waals surface area (Å²) in [4.78, 5) is 5.84. The SMILES string of the molecule is Cc1sc(NC(C)c2ccccc2)nc1-c1ccc(Cl)cc1Cl. The van der Waals surface area contributed by atoms with Crippen LogP contribution in [0.15, 0.2) is 48.5 Å². The minimum Gasteiger partial charge on any atom is -0.355 e. The fourth-order valence-corrected chi connectivity index (χ4v) is 3.81. The van der Waals surface area contributed by atoms with E-state index in [0.29, 0.717) is 10.0 Å². The first-order chi connectivity index (χ1) is 11.0. The van der Waals surface area contributed by atoms with E-state index in [1.54, 1.807) is 17.4 Å². The summed E-state index contributed by atoms with van der Waals surface area (Å²) in [6.45, 7) is 4.18. The Morgan fingerprint density at radius 3 is 2.52 bits per heavy atom. The van der Waals surface area contributed by atoms with E-state index in [0.717, 1.165) is 21.3 Å². The molecule has 0 fully saturated rings. The maximum Gasteiger partial charge on any atom is 0.183 e. The normalized spacial score (nSPS) is 12.2. The number of anilines is 1. The van der Waals surface area contributed by atoms with Gasteiger partial charge in [0.25, 0.3) is 0 Å². The molecule has 0 aliphatic rings. The smallest absolute Gasteiger partial charge is 0.183 e. The minimum atomic E-state index is 0.190. The number of rotatable bonds is 4. The van der Waals surface area contributed by atoms with Gasteiger partial charge in [0.2, 0.25) is 0 Å². The van der Waals surface area contributed by atoms with Crippen LogP contribution in [0.1, 0.15) is 23.4 Å². The van der Waals surface area contributed by atoms with Crippen LogP contribution in [0.3, 0.4) is 0 Å². The number of aryl methyl sites for hydroxylation is 1. The highest BCUT2D eigenvalue weighted by Gasteiger charge is 2.14. The first-order valence-corrected chi connectivity index (χ1v) is 8.86. The number of aromatic nitrogens is 1. The van der Waals surface area contributed by atoms with Crippen molar-refractivity contribution in [1.29, 1.82) is 0 Å². The quantitative estimate of drug-likeness (QED) is 0.565. The molecular weight excluding hydrogens is 347 g/mol. The zero-order valence-corrected chi connectivity index (χ0v) is 15.1. The summed E-state index contributed by atoms with van der Waals surface area (Å²) < 4.78 is 0. The van der Waals surface area contributed by atoms with Gasteiger partial charge < -0.3 is 5.32 Å². The average molecular weight is 363 g/mol. The standard InChI is InChI=1S/C18H16Cl2N2S/c1-11(13-6-4-3-5-7-13)21-18-22-17(12(2)23-18)15-9-8-14(19)10-16(15)20/h3-11H,1-2H3,(H,21,22). The van der Waals surface area contributed by atoms with Gasteiger partial charge in [-0.1, -0.05) is 53.5 Å². The van der Waals surface area contributed by atoms with E-state index in [2.05, 4.69) is 31.3 Å². The first-order valence-electron chi connectivity index (χ1n) is 7.29. The number of thiazole rings is 1. The lowest BCUT2D eigenvalue weighted by atomic mass is 10.1. The summed E-state index contributed by atoms with van der Waals surface area (Å²) in [6.07, 6.45) is 0. The van der Waals surface area contributed by atoms with E-state index >= 15 is 0 Å². The zero-order valence-electron chi connectivity index (χ0n) is 12.8. The Labute approximate surface area is 150 Å². The third-order valence-electron chi connectivity index (χ3n) is 3.62. The van der Waals surface area contributed by atoms with Crippen LogP contribution in [-0.2, 0) is 0 Å². The number of halogens is 2. The van der Waals surface area contributed by atoms with E-state index in [1.807, 2.05) is 30.3 Å². The molecule has 3 aromatic rings. The van der Waals surface area contributed by atoms with Gasteiger partial charge >= 0.3 is 0 Å². The number of benzene rings is 2. The van der Waals surface area contributed by atoms with Crippen LogP contribution in [-0.4, -0.2) is 4.98 Å². The Morgan fingerprint density at radius 1 is 1.09 bits per heavy atom. The van der Waals surface area contributed by atoms with E-state index in [9.17, 15) is 0 Å². The summed E-state index contributed by atoms with van der Waals surface area (Å²) in [5.41, 5.74) is 3.04. The van der Waals surface area contributed by atoms with Crippen molar-refractivity contribution in [3.05, 3.63) is 69.0 Å². The summed E-state index contributed by atoms with van der Waals surface area (Å²) in [5.74, 6) is 0. The zero-order chi connectivity index (χ0) is 16.4. The van der Waals surface area contributed by atoms with Gasteiger partial charge in [0.05, 0.1) is 16.8 Å². The fourth-order valence-electron chi connectivity index (χ4n) is 2.40. The molecule has 1 heterocycles. The van der Waals surface area contributed by atoms with E-state index in [1.165, 1.54) is 5.56 Å². The summed E-state index contributed by atoms with van der Waals surface area (Å²) in [5, 5.41) is 5.59. The molecule has 5 heteroatoms. The molecule has 0 aliphatic heterocycles. The van der Waals surface area contributed by atoms with Crippen LogP contribution >= 0.6 is 34.5 Å². The van der Waals surface area contributed by atoms with E-state index in [4.69, 9.17) is 28.2 Å². The molecular formula is C18H16Cl2N2S. The lowest BCUT2D eigenvalue weighted by molar-refractivity contribution is 0.882. The molecule has 118 valence electrons. The lowest BCUT2D eigenvalue weighted by Crippen LogP contribution is -2.05. The lowest BCUT2D eigenvalue weighted by Gasteiger charge is -2.12. The largest absolute Gasteiger partial charge is 0.355 e. The topological polar surface area (TPSA) is 24.9 Å². The third kappa shape index (κ3) is 3.69. The number of hydrogen-bond acceptors (Lipinski definition) is 3. The molecule has 0 saturated heterocycles. The molecule has 1 aromatic heterocycles. The van der Waals surface area contributed by atoms with E-state index < -0.39 is 0 Å². The van der Waals surface area contributed by atoms with Crippen molar-refractivity contribution in [1.82, 2.24) is 4.98 Å². The highest BCUT2D eigenvalue weighted by atomic mass is 35.5. The molecule has 0 bridgehead atoms. The van der Waals surface area contributed by atoms with Crippen molar-refractivity contribution in [2.45, 2.75) is 19.9 Å². The molecule has 0 saturated carbocycles. The maximum atomic E-state index is 6.31. The van der Waals surface area contributed by atoms with Gasteiger partial charge in [-0.15, -0.1) is 11.3 Å². The number of nitrogens with one attached hydrogen (secondary N) is 1. The summed E-state index contributed by atoms with van der Waals surface area (Å²) in [7, 11) is 0. The minimum absolute atomic E-state index is 0.190. The van der Waals surface area contributed by atoms with Crippen LogP contribution in [0.2, 0.25) is 10.0 Å². The number of nitrogens with zero attached hydrogens (tertiary/aromatic N) is 1. The van der Waals surface area contributed by atoms with Gasteiger partial charge in [-0.2, -0.15) is 0 Å². The Hall–Kier alpha value is -1.55. The molecule has 1 N–H and O–H groups in total. The van der Waals surface area contributed by atoms with Crippen molar-refractivity contribution >= 4 is 39.7 Å². The second-order valence-electron chi connectivity index (χ2n) is 5.32. The van der Waals surface area contributed by atoms with Crippen LogP contribution in [0.5, 0.6) is 0 Å². The highest BCUT2D eigenvalue weighted by molar-refractivity contribution is 7.16. The second kappa shape index (κ2) is 6.91. The fraction of sp³-hybridized carbons (Fsp3) is 0.167. The van der Waals surface area contributed by atoms with Crippen molar-refractivity contribution in [3.63, 3.8) is 0 Å². The monoisotopic (exact) mass is 362 g/mol. The average Bonchev–Trinajstić information content (AvgIpc) is 2.88. The van der Waals surface area contributed by atoms with Gasteiger partial charge in [0.1, 0.15) is 0 Å². The van der Waals surface area contributed by atoms with Gasteiger partial charge in [0.15, 0.2) is 5.13 Å². The molecule has 0 aliphatic carbocycles. The first kappa shape index (κ1) is 16.3. The Kier molecular flexibility index (Phi) is 4.90. The Balaban J connectivity index is 1.86. The molecule has 2 nitrogen and oxygen atoms in total. The van der Waals surface area contributed by atoms with Gasteiger partial charge in [-0.25, -0.2) is 4.98 Å². The van der Waals surface area contributed by atoms with Gasteiger partial charge in [-0.05, 0) is 37.6 Å².